The Morgan fingerprint density at radius 3 is 2.62 bits per heavy atom. The average molecular weight is 416 g/mol. The lowest BCUT2D eigenvalue weighted by atomic mass is 10.0. The molecule has 1 atom stereocenters. The second-order valence-corrected chi connectivity index (χ2v) is 7.97. The Bertz CT molecular complexity index is 847. The third-order valence-corrected chi connectivity index (χ3v) is 6.03. The number of nitrogens with zero attached hydrogens (tertiary/aromatic N) is 1. The van der Waals surface area contributed by atoms with Crippen molar-refractivity contribution in [1.82, 2.24) is 4.90 Å². The Kier molecular flexibility index (Phi) is 6.26. The van der Waals surface area contributed by atoms with Gasteiger partial charge in [-0.25, -0.2) is 0 Å². The second kappa shape index (κ2) is 9.06. The van der Waals surface area contributed by atoms with Gasteiger partial charge in [0, 0.05) is 6.54 Å². The molecule has 1 saturated heterocycles. The Morgan fingerprint density at radius 1 is 1.17 bits per heavy atom. The molecule has 1 aliphatic heterocycles. The van der Waals surface area contributed by atoms with E-state index in [9.17, 15) is 4.79 Å². The first-order valence-corrected chi connectivity index (χ1v) is 10.5. The van der Waals surface area contributed by atoms with Crippen molar-refractivity contribution in [3.8, 4) is 11.5 Å². The standard InChI is InChI=1S/C23H26ClNO4/c1-27-20-7-6-19(22-15-25(23(24)26)9-11-29-22)14-21(20)28-10-8-16-12-17-4-2-3-5-18(17)13-16/h2-7,14,16,22H,8-13,15H2,1H3. The van der Waals surface area contributed by atoms with E-state index in [2.05, 4.69) is 24.3 Å². The smallest absolute Gasteiger partial charge is 0.316 e. The number of halogens is 1. The number of amides is 1. The molecule has 0 aromatic heterocycles. The van der Waals surface area contributed by atoms with Crippen molar-refractivity contribution in [3.63, 3.8) is 0 Å². The monoisotopic (exact) mass is 415 g/mol. The Hall–Kier alpha value is -2.24. The molecule has 2 aromatic carbocycles. The third-order valence-electron chi connectivity index (χ3n) is 5.79. The lowest BCUT2D eigenvalue weighted by Gasteiger charge is -2.31. The predicted molar refractivity (Wildman–Crippen MR) is 112 cm³/mol. The molecule has 0 N–H and O–H groups in total. The molecule has 154 valence electrons. The molecule has 4 rings (SSSR count). The van der Waals surface area contributed by atoms with Gasteiger partial charge >= 0.3 is 5.37 Å². The van der Waals surface area contributed by atoms with Gasteiger partial charge in [0.25, 0.3) is 0 Å². The van der Waals surface area contributed by atoms with E-state index in [1.165, 1.54) is 11.1 Å². The molecule has 2 aliphatic rings. The maximum atomic E-state index is 11.5. The summed E-state index contributed by atoms with van der Waals surface area (Å²) in [5.74, 6) is 2.02. The van der Waals surface area contributed by atoms with Crippen LogP contribution in [-0.2, 0) is 17.6 Å². The quantitative estimate of drug-likeness (QED) is 0.510. The maximum absolute atomic E-state index is 11.5. The van der Waals surface area contributed by atoms with Gasteiger partial charge in [-0.3, -0.25) is 4.79 Å². The van der Waals surface area contributed by atoms with Crippen LogP contribution in [0.5, 0.6) is 11.5 Å². The van der Waals surface area contributed by atoms with Gasteiger partial charge in [0.2, 0.25) is 0 Å². The van der Waals surface area contributed by atoms with Crippen molar-refractivity contribution < 1.29 is 19.0 Å². The van der Waals surface area contributed by atoms with E-state index in [1.54, 1.807) is 12.0 Å². The molecule has 1 aliphatic carbocycles. The zero-order valence-electron chi connectivity index (χ0n) is 16.6. The van der Waals surface area contributed by atoms with Crippen LogP contribution in [0.25, 0.3) is 0 Å². The van der Waals surface area contributed by atoms with E-state index < -0.39 is 5.37 Å². The van der Waals surface area contributed by atoms with Gasteiger partial charge in [0.15, 0.2) is 11.5 Å². The first kappa shape index (κ1) is 20.0. The van der Waals surface area contributed by atoms with Gasteiger partial charge in [-0.05, 0) is 65.6 Å². The topological polar surface area (TPSA) is 48.0 Å². The van der Waals surface area contributed by atoms with E-state index in [-0.39, 0.29) is 6.10 Å². The number of ether oxygens (including phenoxy) is 3. The van der Waals surface area contributed by atoms with Gasteiger partial charge in [-0.2, -0.15) is 0 Å². The molecule has 1 heterocycles. The van der Waals surface area contributed by atoms with E-state index in [1.807, 2.05) is 18.2 Å². The summed E-state index contributed by atoms with van der Waals surface area (Å²) < 4.78 is 17.4. The summed E-state index contributed by atoms with van der Waals surface area (Å²) in [5, 5.41) is -0.444. The third kappa shape index (κ3) is 4.68. The zero-order valence-corrected chi connectivity index (χ0v) is 17.4. The summed E-state index contributed by atoms with van der Waals surface area (Å²) in [5.41, 5.74) is 3.88. The first-order chi connectivity index (χ1) is 14.1. The molecule has 0 radical (unpaired) electrons. The highest BCUT2D eigenvalue weighted by Gasteiger charge is 2.26. The highest BCUT2D eigenvalue weighted by Crippen LogP contribution is 2.34. The SMILES string of the molecule is COc1ccc(C2CN(C(=O)Cl)CCO2)cc1OCCC1Cc2ccccc2C1. The second-order valence-electron chi connectivity index (χ2n) is 7.65. The minimum atomic E-state index is -0.444. The van der Waals surface area contributed by atoms with E-state index >= 15 is 0 Å². The minimum absolute atomic E-state index is 0.218. The van der Waals surface area contributed by atoms with Gasteiger partial charge in [-0.15, -0.1) is 0 Å². The highest BCUT2D eigenvalue weighted by molar-refractivity contribution is 6.62. The molecule has 2 aromatic rings. The summed E-state index contributed by atoms with van der Waals surface area (Å²) in [6.07, 6.45) is 3.02. The Balaban J connectivity index is 1.38. The van der Waals surface area contributed by atoms with E-state index in [0.717, 1.165) is 24.8 Å². The molecule has 1 amide bonds. The lowest BCUT2D eigenvalue weighted by molar-refractivity contribution is -0.0120. The minimum Gasteiger partial charge on any atom is -0.493 e. The molecular formula is C23H26ClNO4. The van der Waals surface area contributed by atoms with Crippen molar-refractivity contribution in [2.24, 2.45) is 5.92 Å². The predicted octanol–water partition coefficient (Wildman–Crippen LogP) is 4.61. The molecule has 5 nitrogen and oxygen atoms in total. The van der Waals surface area contributed by atoms with Crippen LogP contribution in [0.4, 0.5) is 4.79 Å². The maximum Gasteiger partial charge on any atom is 0.316 e. The van der Waals surface area contributed by atoms with Crippen LogP contribution in [0, 0.1) is 5.92 Å². The molecule has 0 spiro atoms. The average Bonchev–Trinajstić information content (AvgIpc) is 3.16. The fraction of sp³-hybridized carbons (Fsp3) is 0.435. The number of carbonyl (C=O) groups excluding carboxylic acids is 1. The molecule has 29 heavy (non-hydrogen) atoms. The van der Waals surface area contributed by atoms with Crippen LogP contribution in [0.3, 0.4) is 0 Å². The summed E-state index contributed by atoms with van der Waals surface area (Å²) in [6, 6.07) is 14.5. The van der Waals surface area contributed by atoms with Crippen LogP contribution in [0.1, 0.15) is 29.2 Å². The normalized spacial score (nSPS) is 19.1. The van der Waals surface area contributed by atoms with Gasteiger partial charge in [0.05, 0.1) is 26.9 Å². The van der Waals surface area contributed by atoms with Gasteiger partial charge in [0.1, 0.15) is 6.10 Å². The first-order valence-electron chi connectivity index (χ1n) is 10.1. The molecule has 0 bridgehead atoms. The zero-order chi connectivity index (χ0) is 20.2. The molecular weight excluding hydrogens is 390 g/mol. The number of hydrogen-bond acceptors (Lipinski definition) is 4. The molecule has 0 saturated carbocycles. The fourth-order valence-corrected chi connectivity index (χ4v) is 4.36. The van der Waals surface area contributed by atoms with Crippen LogP contribution in [0.15, 0.2) is 42.5 Å². The lowest BCUT2D eigenvalue weighted by Crippen LogP contribution is -2.39. The molecule has 1 unspecified atom stereocenters. The summed E-state index contributed by atoms with van der Waals surface area (Å²) in [4.78, 5) is 13.1. The van der Waals surface area contributed by atoms with Crippen LogP contribution >= 0.6 is 11.6 Å². The van der Waals surface area contributed by atoms with Crippen molar-refractivity contribution in [2.45, 2.75) is 25.4 Å². The number of carbonyl (C=O) groups is 1. The number of benzene rings is 2. The van der Waals surface area contributed by atoms with Crippen LogP contribution in [-0.4, -0.2) is 43.7 Å². The van der Waals surface area contributed by atoms with Crippen molar-refractivity contribution in [1.29, 1.82) is 0 Å². The highest BCUT2D eigenvalue weighted by atomic mass is 35.5. The Labute approximate surface area is 176 Å². The summed E-state index contributed by atoms with van der Waals surface area (Å²) >= 11 is 5.64. The summed E-state index contributed by atoms with van der Waals surface area (Å²) in [6.45, 7) is 2.06. The largest absolute Gasteiger partial charge is 0.493 e. The number of methoxy groups -OCH3 is 1. The van der Waals surface area contributed by atoms with Crippen molar-refractivity contribution in [2.75, 3.05) is 33.4 Å². The summed E-state index contributed by atoms with van der Waals surface area (Å²) in [7, 11) is 1.64. The number of rotatable bonds is 6. The van der Waals surface area contributed by atoms with E-state index in [0.29, 0.717) is 43.7 Å². The van der Waals surface area contributed by atoms with Crippen LogP contribution < -0.4 is 9.47 Å². The van der Waals surface area contributed by atoms with Crippen LogP contribution in [0.2, 0.25) is 0 Å². The van der Waals surface area contributed by atoms with Gasteiger partial charge < -0.3 is 19.1 Å². The number of hydrogen-bond donors (Lipinski definition) is 0. The van der Waals surface area contributed by atoms with Crippen molar-refractivity contribution >= 4 is 17.0 Å². The molecule has 1 fully saturated rings. The fourth-order valence-electron chi connectivity index (χ4n) is 4.21. The number of fused-ring (bicyclic) bond motifs is 1. The Morgan fingerprint density at radius 2 is 1.93 bits per heavy atom. The van der Waals surface area contributed by atoms with Crippen molar-refractivity contribution in [3.05, 3.63) is 59.2 Å². The van der Waals surface area contributed by atoms with Gasteiger partial charge in [-0.1, -0.05) is 30.3 Å². The number of morpholine rings is 1. The van der Waals surface area contributed by atoms with E-state index in [4.69, 9.17) is 25.8 Å². The molecule has 6 heteroatoms.